The van der Waals surface area contributed by atoms with Gasteiger partial charge in [-0.25, -0.2) is 0 Å². The Balaban J connectivity index is 2.40. The van der Waals surface area contributed by atoms with Crippen LogP contribution in [0.2, 0.25) is 0 Å². The maximum Gasteiger partial charge on any atom is 0.0590 e. The molecule has 1 aromatic carbocycles. The minimum absolute atomic E-state index is 0.348. The third-order valence-corrected chi connectivity index (χ3v) is 2.99. The molecule has 3 heteroatoms. The van der Waals surface area contributed by atoms with Crippen LogP contribution in [-0.4, -0.2) is 19.8 Å². The molecule has 0 aliphatic rings. The molecule has 0 aromatic heterocycles. The second-order valence-corrected chi connectivity index (χ2v) is 4.25. The van der Waals surface area contributed by atoms with Gasteiger partial charge in [-0.1, -0.05) is 34.1 Å². The molecule has 15 heavy (non-hydrogen) atoms. The Morgan fingerprint density at radius 3 is 2.80 bits per heavy atom. The van der Waals surface area contributed by atoms with E-state index in [1.54, 1.807) is 0 Å². The quantitative estimate of drug-likeness (QED) is 0.803. The van der Waals surface area contributed by atoms with Crippen molar-refractivity contribution in [3.8, 4) is 0 Å². The van der Waals surface area contributed by atoms with Crippen LogP contribution in [0.15, 0.2) is 28.7 Å². The highest BCUT2D eigenvalue weighted by Gasteiger charge is 2.06. The van der Waals surface area contributed by atoms with Gasteiger partial charge in [0.2, 0.25) is 0 Å². The van der Waals surface area contributed by atoms with Gasteiger partial charge in [-0.3, -0.25) is 0 Å². The zero-order valence-corrected chi connectivity index (χ0v) is 10.9. The zero-order valence-electron chi connectivity index (χ0n) is 9.29. The molecule has 0 unspecified atom stereocenters. The highest BCUT2D eigenvalue weighted by molar-refractivity contribution is 9.10. The van der Waals surface area contributed by atoms with E-state index in [9.17, 15) is 0 Å². The summed E-state index contributed by atoms with van der Waals surface area (Å²) >= 11 is 3.55. The molecule has 0 saturated heterocycles. The third-order valence-electron chi connectivity index (χ3n) is 2.27. The minimum Gasteiger partial charge on any atom is -0.380 e. The van der Waals surface area contributed by atoms with Gasteiger partial charge in [0.25, 0.3) is 0 Å². The monoisotopic (exact) mass is 271 g/mol. The summed E-state index contributed by atoms with van der Waals surface area (Å²) in [6, 6.07) is 8.63. The third kappa shape index (κ3) is 4.33. The Bertz CT molecular complexity index is 291. The van der Waals surface area contributed by atoms with Crippen molar-refractivity contribution in [1.29, 1.82) is 0 Å². The summed E-state index contributed by atoms with van der Waals surface area (Å²) in [6.45, 7) is 6.61. The molecule has 0 bridgehead atoms. The summed E-state index contributed by atoms with van der Waals surface area (Å²) in [5.41, 5.74) is 1.29. The van der Waals surface area contributed by atoms with Gasteiger partial charge in [-0.15, -0.1) is 0 Å². The SMILES string of the molecule is CCOCCN[C@@H](C)c1ccccc1Br. The van der Waals surface area contributed by atoms with E-state index in [0.717, 1.165) is 24.2 Å². The lowest BCUT2D eigenvalue weighted by Gasteiger charge is -2.15. The molecule has 0 aliphatic heterocycles. The molecule has 0 amide bonds. The van der Waals surface area contributed by atoms with Crippen molar-refractivity contribution in [1.82, 2.24) is 5.32 Å². The molecule has 0 radical (unpaired) electrons. The number of benzene rings is 1. The average molecular weight is 272 g/mol. The van der Waals surface area contributed by atoms with Crippen LogP contribution in [-0.2, 0) is 4.74 Å². The minimum atomic E-state index is 0.348. The van der Waals surface area contributed by atoms with Crippen molar-refractivity contribution >= 4 is 15.9 Å². The van der Waals surface area contributed by atoms with Crippen LogP contribution in [0.3, 0.4) is 0 Å². The molecule has 1 aromatic rings. The summed E-state index contributed by atoms with van der Waals surface area (Å²) < 4.78 is 6.43. The number of halogens is 1. The van der Waals surface area contributed by atoms with E-state index in [1.165, 1.54) is 5.56 Å². The maximum atomic E-state index is 5.28. The fourth-order valence-corrected chi connectivity index (χ4v) is 2.06. The fourth-order valence-electron chi connectivity index (χ4n) is 1.43. The first-order chi connectivity index (χ1) is 7.25. The molecule has 0 fully saturated rings. The van der Waals surface area contributed by atoms with Crippen molar-refractivity contribution < 1.29 is 4.74 Å². The van der Waals surface area contributed by atoms with Gasteiger partial charge in [0.1, 0.15) is 0 Å². The highest BCUT2D eigenvalue weighted by atomic mass is 79.9. The molecule has 0 spiro atoms. The van der Waals surface area contributed by atoms with Gasteiger partial charge in [0, 0.05) is 23.7 Å². The van der Waals surface area contributed by atoms with Crippen LogP contribution in [0.5, 0.6) is 0 Å². The summed E-state index contributed by atoms with van der Waals surface area (Å²) in [7, 11) is 0. The average Bonchev–Trinajstić information content (AvgIpc) is 2.25. The fraction of sp³-hybridized carbons (Fsp3) is 0.500. The van der Waals surface area contributed by atoms with Crippen LogP contribution in [0.4, 0.5) is 0 Å². The first-order valence-corrected chi connectivity index (χ1v) is 6.10. The molecule has 2 nitrogen and oxygen atoms in total. The predicted octanol–water partition coefficient (Wildman–Crippen LogP) is 3.14. The maximum absolute atomic E-state index is 5.28. The lowest BCUT2D eigenvalue weighted by molar-refractivity contribution is 0.147. The Morgan fingerprint density at radius 2 is 2.13 bits per heavy atom. The Morgan fingerprint density at radius 1 is 1.40 bits per heavy atom. The molecule has 0 aliphatic carbocycles. The topological polar surface area (TPSA) is 21.3 Å². The van der Waals surface area contributed by atoms with E-state index in [4.69, 9.17) is 4.74 Å². The lowest BCUT2D eigenvalue weighted by atomic mass is 10.1. The van der Waals surface area contributed by atoms with Crippen LogP contribution in [0.1, 0.15) is 25.5 Å². The normalized spacial score (nSPS) is 12.7. The molecule has 84 valence electrons. The molecule has 1 N–H and O–H groups in total. The second kappa shape index (κ2) is 6.99. The van der Waals surface area contributed by atoms with Gasteiger partial charge >= 0.3 is 0 Å². The lowest BCUT2D eigenvalue weighted by Crippen LogP contribution is -2.23. The molecule has 0 saturated carbocycles. The summed E-state index contributed by atoms with van der Waals surface area (Å²) in [5.74, 6) is 0. The van der Waals surface area contributed by atoms with Gasteiger partial charge in [-0.05, 0) is 25.5 Å². The van der Waals surface area contributed by atoms with E-state index in [2.05, 4.69) is 46.4 Å². The van der Waals surface area contributed by atoms with Crippen LogP contribution in [0, 0.1) is 0 Å². The zero-order chi connectivity index (χ0) is 11.1. The summed E-state index contributed by atoms with van der Waals surface area (Å²) in [5, 5.41) is 3.42. The number of nitrogens with one attached hydrogen (secondary N) is 1. The van der Waals surface area contributed by atoms with Crippen LogP contribution < -0.4 is 5.32 Å². The van der Waals surface area contributed by atoms with E-state index in [0.29, 0.717) is 6.04 Å². The van der Waals surface area contributed by atoms with Crippen LogP contribution >= 0.6 is 15.9 Å². The number of hydrogen-bond acceptors (Lipinski definition) is 2. The van der Waals surface area contributed by atoms with E-state index in [-0.39, 0.29) is 0 Å². The van der Waals surface area contributed by atoms with Gasteiger partial charge in [0.15, 0.2) is 0 Å². The largest absolute Gasteiger partial charge is 0.380 e. The van der Waals surface area contributed by atoms with Gasteiger partial charge in [0.05, 0.1) is 6.61 Å². The summed E-state index contributed by atoms with van der Waals surface area (Å²) in [4.78, 5) is 0. The first-order valence-electron chi connectivity index (χ1n) is 5.31. The predicted molar refractivity (Wildman–Crippen MR) is 67.1 cm³/mol. The molecular weight excluding hydrogens is 254 g/mol. The Hall–Kier alpha value is -0.380. The Kier molecular flexibility index (Phi) is 5.91. The Labute approximate surface area is 100 Å². The summed E-state index contributed by atoms with van der Waals surface area (Å²) in [6.07, 6.45) is 0. The molecule has 0 heterocycles. The second-order valence-electron chi connectivity index (χ2n) is 3.39. The van der Waals surface area contributed by atoms with Crippen molar-refractivity contribution in [3.63, 3.8) is 0 Å². The van der Waals surface area contributed by atoms with Crippen molar-refractivity contribution in [2.45, 2.75) is 19.9 Å². The molecule has 1 atom stereocenters. The van der Waals surface area contributed by atoms with Crippen LogP contribution in [0.25, 0.3) is 0 Å². The van der Waals surface area contributed by atoms with Crippen molar-refractivity contribution in [3.05, 3.63) is 34.3 Å². The smallest absolute Gasteiger partial charge is 0.0590 e. The standard InChI is InChI=1S/C12H18BrNO/c1-3-15-9-8-14-10(2)11-6-4-5-7-12(11)13/h4-7,10,14H,3,8-9H2,1-2H3/t10-/m0/s1. The molecular formula is C12H18BrNO. The van der Waals surface area contributed by atoms with Gasteiger partial charge < -0.3 is 10.1 Å². The van der Waals surface area contributed by atoms with E-state index in [1.807, 2.05) is 13.0 Å². The first kappa shape index (κ1) is 12.7. The van der Waals surface area contributed by atoms with Crippen molar-refractivity contribution in [2.24, 2.45) is 0 Å². The number of ether oxygens (including phenoxy) is 1. The number of hydrogen-bond donors (Lipinski definition) is 1. The van der Waals surface area contributed by atoms with Gasteiger partial charge in [-0.2, -0.15) is 0 Å². The number of rotatable bonds is 6. The van der Waals surface area contributed by atoms with Crippen molar-refractivity contribution in [2.75, 3.05) is 19.8 Å². The van der Waals surface area contributed by atoms with E-state index < -0.39 is 0 Å². The molecule has 1 rings (SSSR count). The highest BCUT2D eigenvalue weighted by Crippen LogP contribution is 2.22. The van der Waals surface area contributed by atoms with E-state index >= 15 is 0 Å².